The minimum atomic E-state index is -0.261. The summed E-state index contributed by atoms with van der Waals surface area (Å²) in [6.07, 6.45) is 1.61. The van der Waals surface area contributed by atoms with Gasteiger partial charge in [-0.15, -0.1) is 6.58 Å². The van der Waals surface area contributed by atoms with Crippen molar-refractivity contribution in [1.29, 1.82) is 0 Å². The molecule has 0 aliphatic rings. The maximum atomic E-state index is 11.4. The maximum Gasteiger partial charge on any atom is 0.315 e. The van der Waals surface area contributed by atoms with Crippen LogP contribution in [0.15, 0.2) is 30.9 Å². The molecule has 17 heavy (non-hydrogen) atoms. The molecule has 0 radical (unpaired) electrons. The average molecular weight is 273 g/mol. The second-order valence-electron chi connectivity index (χ2n) is 3.53. The first-order valence-electron chi connectivity index (χ1n) is 5.14. The van der Waals surface area contributed by atoms with E-state index in [1.807, 2.05) is 6.92 Å². The van der Waals surface area contributed by atoms with Gasteiger partial charge in [-0.25, -0.2) is 4.79 Å². The molecule has 0 saturated carbocycles. The van der Waals surface area contributed by atoms with Gasteiger partial charge in [-0.3, -0.25) is 0 Å². The highest BCUT2D eigenvalue weighted by atomic mass is 35.5. The van der Waals surface area contributed by atoms with Gasteiger partial charge < -0.3 is 10.6 Å². The van der Waals surface area contributed by atoms with Crippen molar-refractivity contribution in [3.8, 4) is 0 Å². The van der Waals surface area contributed by atoms with Crippen molar-refractivity contribution in [3.63, 3.8) is 0 Å². The molecular formula is C12H14Cl2N2O. The molecule has 0 spiro atoms. The first-order valence-corrected chi connectivity index (χ1v) is 5.90. The summed E-state index contributed by atoms with van der Waals surface area (Å²) < 4.78 is 0. The number of amides is 2. The Bertz CT molecular complexity index is 421. The lowest BCUT2D eigenvalue weighted by molar-refractivity contribution is 0.239. The number of carbonyl (C=O) groups is 1. The fraction of sp³-hybridized carbons (Fsp3) is 0.250. The molecule has 1 atom stereocenters. The molecule has 3 nitrogen and oxygen atoms in total. The molecular weight excluding hydrogens is 259 g/mol. The van der Waals surface area contributed by atoms with Gasteiger partial charge in [-0.05, 0) is 24.6 Å². The van der Waals surface area contributed by atoms with Gasteiger partial charge in [0.25, 0.3) is 0 Å². The topological polar surface area (TPSA) is 41.1 Å². The zero-order valence-electron chi connectivity index (χ0n) is 9.47. The van der Waals surface area contributed by atoms with Crippen molar-refractivity contribution >= 4 is 29.2 Å². The summed E-state index contributed by atoms with van der Waals surface area (Å²) in [4.78, 5) is 11.4. The van der Waals surface area contributed by atoms with Crippen molar-refractivity contribution in [2.75, 3.05) is 6.54 Å². The minimum Gasteiger partial charge on any atom is -0.335 e. The van der Waals surface area contributed by atoms with E-state index in [0.717, 1.165) is 5.56 Å². The molecule has 5 heteroatoms. The molecule has 92 valence electrons. The van der Waals surface area contributed by atoms with E-state index in [1.54, 1.807) is 24.3 Å². The van der Waals surface area contributed by atoms with Crippen LogP contribution < -0.4 is 10.6 Å². The van der Waals surface area contributed by atoms with Crippen LogP contribution in [0.25, 0.3) is 0 Å². The Labute approximate surface area is 111 Å². The number of rotatable bonds is 4. The van der Waals surface area contributed by atoms with Crippen LogP contribution in [0.1, 0.15) is 18.5 Å². The molecule has 0 aliphatic heterocycles. The number of urea groups is 1. The fourth-order valence-corrected chi connectivity index (χ4v) is 1.92. The molecule has 2 N–H and O–H groups in total. The van der Waals surface area contributed by atoms with Gasteiger partial charge in [-0.1, -0.05) is 35.3 Å². The van der Waals surface area contributed by atoms with E-state index in [4.69, 9.17) is 23.2 Å². The zero-order chi connectivity index (χ0) is 12.8. The second-order valence-corrected chi connectivity index (χ2v) is 4.37. The summed E-state index contributed by atoms with van der Waals surface area (Å²) in [7, 11) is 0. The van der Waals surface area contributed by atoms with E-state index >= 15 is 0 Å². The lowest BCUT2D eigenvalue weighted by atomic mass is 10.1. The first kappa shape index (κ1) is 13.9. The number of benzene rings is 1. The van der Waals surface area contributed by atoms with Crippen molar-refractivity contribution in [2.24, 2.45) is 0 Å². The molecule has 0 aliphatic carbocycles. The molecule has 1 unspecified atom stereocenters. The zero-order valence-corrected chi connectivity index (χ0v) is 11.0. The summed E-state index contributed by atoms with van der Waals surface area (Å²) in [5, 5.41) is 6.50. The number of carbonyl (C=O) groups excluding carboxylic acids is 1. The highest BCUT2D eigenvalue weighted by molar-refractivity contribution is 6.35. The van der Waals surface area contributed by atoms with Gasteiger partial charge in [0.15, 0.2) is 0 Å². The fourth-order valence-electron chi connectivity index (χ4n) is 1.34. The molecule has 1 aromatic carbocycles. The molecule has 0 heterocycles. The molecule has 1 aromatic rings. The molecule has 1 rings (SSSR count). The molecule has 0 bridgehead atoms. The Morgan fingerprint density at radius 1 is 1.53 bits per heavy atom. The van der Waals surface area contributed by atoms with E-state index < -0.39 is 0 Å². The van der Waals surface area contributed by atoms with Crippen LogP contribution in [0.5, 0.6) is 0 Å². The maximum absolute atomic E-state index is 11.4. The van der Waals surface area contributed by atoms with Gasteiger partial charge in [0.1, 0.15) is 0 Å². The SMILES string of the molecule is C=CCNC(=O)NC(C)c1ccc(Cl)cc1Cl. The third kappa shape index (κ3) is 4.29. The van der Waals surface area contributed by atoms with Gasteiger partial charge in [0, 0.05) is 16.6 Å². The van der Waals surface area contributed by atoms with Gasteiger partial charge in [0.2, 0.25) is 0 Å². The van der Waals surface area contributed by atoms with Crippen LogP contribution in [-0.2, 0) is 0 Å². The van der Waals surface area contributed by atoms with Crippen LogP contribution in [0.4, 0.5) is 4.79 Å². The van der Waals surface area contributed by atoms with Crippen LogP contribution in [-0.4, -0.2) is 12.6 Å². The van der Waals surface area contributed by atoms with Crippen LogP contribution in [0, 0.1) is 0 Å². The Kier molecular flexibility index (Phi) is 5.32. The lowest BCUT2D eigenvalue weighted by Gasteiger charge is -2.16. The molecule has 2 amide bonds. The van der Waals surface area contributed by atoms with Crippen LogP contribution >= 0.6 is 23.2 Å². The standard InChI is InChI=1S/C12H14Cl2N2O/c1-3-6-15-12(17)16-8(2)10-5-4-9(13)7-11(10)14/h3-5,7-8H,1,6H2,2H3,(H2,15,16,17). The number of hydrogen-bond acceptors (Lipinski definition) is 1. The second kappa shape index (κ2) is 6.52. The largest absolute Gasteiger partial charge is 0.335 e. The number of hydrogen-bond donors (Lipinski definition) is 2. The Morgan fingerprint density at radius 2 is 2.24 bits per heavy atom. The predicted molar refractivity (Wildman–Crippen MR) is 71.6 cm³/mol. The van der Waals surface area contributed by atoms with Gasteiger partial charge in [0.05, 0.1) is 6.04 Å². The summed E-state index contributed by atoms with van der Waals surface area (Å²) in [5.74, 6) is 0. The van der Waals surface area contributed by atoms with Crippen molar-refractivity contribution in [2.45, 2.75) is 13.0 Å². The van der Waals surface area contributed by atoms with E-state index in [2.05, 4.69) is 17.2 Å². The minimum absolute atomic E-state index is 0.190. The number of halogens is 2. The monoisotopic (exact) mass is 272 g/mol. The molecule has 0 saturated heterocycles. The van der Waals surface area contributed by atoms with Gasteiger partial charge >= 0.3 is 6.03 Å². The number of nitrogens with one attached hydrogen (secondary N) is 2. The van der Waals surface area contributed by atoms with E-state index in [-0.39, 0.29) is 12.1 Å². The summed E-state index contributed by atoms with van der Waals surface area (Å²) in [6.45, 7) is 5.79. The molecule has 0 fully saturated rings. The normalized spacial score (nSPS) is 11.7. The highest BCUT2D eigenvalue weighted by Crippen LogP contribution is 2.25. The van der Waals surface area contributed by atoms with E-state index in [9.17, 15) is 4.79 Å². The Hall–Kier alpha value is -1.19. The Morgan fingerprint density at radius 3 is 2.82 bits per heavy atom. The third-order valence-electron chi connectivity index (χ3n) is 2.18. The summed E-state index contributed by atoms with van der Waals surface area (Å²) in [6, 6.07) is 4.73. The van der Waals surface area contributed by atoms with Crippen molar-refractivity contribution in [1.82, 2.24) is 10.6 Å². The third-order valence-corrected chi connectivity index (χ3v) is 2.75. The first-order chi connectivity index (χ1) is 8.04. The van der Waals surface area contributed by atoms with Crippen molar-refractivity contribution < 1.29 is 4.79 Å². The lowest BCUT2D eigenvalue weighted by Crippen LogP contribution is -2.37. The summed E-state index contributed by atoms with van der Waals surface area (Å²) >= 11 is 11.8. The van der Waals surface area contributed by atoms with E-state index in [0.29, 0.717) is 16.6 Å². The smallest absolute Gasteiger partial charge is 0.315 e. The Balaban J connectivity index is 2.66. The van der Waals surface area contributed by atoms with Gasteiger partial charge in [-0.2, -0.15) is 0 Å². The van der Waals surface area contributed by atoms with Crippen LogP contribution in [0.3, 0.4) is 0 Å². The highest BCUT2D eigenvalue weighted by Gasteiger charge is 2.12. The van der Waals surface area contributed by atoms with Crippen LogP contribution in [0.2, 0.25) is 10.0 Å². The summed E-state index contributed by atoms with van der Waals surface area (Å²) in [5.41, 5.74) is 0.824. The van der Waals surface area contributed by atoms with E-state index in [1.165, 1.54) is 0 Å². The van der Waals surface area contributed by atoms with Crippen molar-refractivity contribution in [3.05, 3.63) is 46.5 Å². The predicted octanol–water partition coefficient (Wildman–Crippen LogP) is 3.54. The molecule has 0 aromatic heterocycles. The average Bonchev–Trinajstić information content (AvgIpc) is 2.26. The quantitative estimate of drug-likeness (QED) is 0.809.